The molecule has 0 saturated carbocycles. The molecule has 2 heterocycles. The Bertz CT molecular complexity index is 794. The van der Waals surface area contributed by atoms with Crippen LogP contribution < -0.4 is 5.32 Å². The fraction of sp³-hybridized carbons (Fsp3) is 0.550. The van der Waals surface area contributed by atoms with E-state index in [0.29, 0.717) is 12.8 Å². The topological polar surface area (TPSA) is 144 Å². The van der Waals surface area contributed by atoms with Crippen molar-refractivity contribution < 1.29 is 34.7 Å². The Hall–Kier alpha value is -2.01. The summed E-state index contributed by atoms with van der Waals surface area (Å²) in [5.74, 6) is -0.109. The van der Waals surface area contributed by atoms with Gasteiger partial charge >= 0.3 is 0 Å². The molecular weight excluding hydrogens is 380 g/mol. The summed E-state index contributed by atoms with van der Waals surface area (Å²) < 4.78 is 10.6. The molecule has 1 aliphatic heterocycles. The molecule has 29 heavy (non-hydrogen) atoms. The van der Waals surface area contributed by atoms with Gasteiger partial charge in [-0.25, -0.2) is 0 Å². The van der Waals surface area contributed by atoms with Gasteiger partial charge in [-0.2, -0.15) is 0 Å². The van der Waals surface area contributed by atoms with Crippen LogP contribution in [-0.2, 0) is 20.7 Å². The summed E-state index contributed by atoms with van der Waals surface area (Å²) in [5.41, 5.74) is 2.26. The number of aryl methyl sites for hydroxylation is 1. The van der Waals surface area contributed by atoms with E-state index in [1.54, 1.807) is 0 Å². The lowest BCUT2D eigenvalue weighted by Crippen LogP contribution is -2.59. The zero-order valence-electron chi connectivity index (χ0n) is 16.0. The minimum absolute atomic E-state index is 0.0525. The van der Waals surface area contributed by atoms with Gasteiger partial charge in [0.25, 0.3) is 0 Å². The zero-order chi connectivity index (χ0) is 20.8. The molecule has 6 N–H and O–H groups in total. The summed E-state index contributed by atoms with van der Waals surface area (Å²) in [5, 5.41) is 42.4. The van der Waals surface area contributed by atoms with Crippen LogP contribution in [0.1, 0.15) is 18.4 Å². The summed E-state index contributed by atoms with van der Waals surface area (Å²) in [7, 11) is 0. The van der Waals surface area contributed by atoms with Crippen LogP contribution in [0.2, 0.25) is 0 Å². The molecule has 5 atom stereocenters. The Labute approximate surface area is 168 Å². The lowest BCUT2D eigenvalue weighted by atomic mass is 9.99. The molecule has 9 heteroatoms. The van der Waals surface area contributed by atoms with Gasteiger partial charge in [0.05, 0.1) is 13.2 Å². The largest absolute Gasteiger partial charge is 0.394 e. The lowest BCUT2D eigenvalue weighted by molar-refractivity contribution is -0.300. The van der Waals surface area contributed by atoms with E-state index in [1.807, 2.05) is 24.4 Å². The third-order valence-electron chi connectivity index (χ3n) is 5.08. The fourth-order valence-electron chi connectivity index (χ4n) is 3.44. The predicted molar refractivity (Wildman–Crippen MR) is 104 cm³/mol. The summed E-state index contributed by atoms with van der Waals surface area (Å²) in [6, 6.07) is 8.03. The van der Waals surface area contributed by atoms with E-state index in [4.69, 9.17) is 14.6 Å². The van der Waals surface area contributed by atoms with Crippen LogP contribution in [0, 0.1) is 0 Å². The molecule has 0 unspecified atom stereocenters. The number of para-hydroxylation sites is 1. The van der Waals surface area contributed by atoms with Crippen molar-refractivity contribution in [2.75, 3.05) is 19.8 Å². The number of hydrogen-bond donors (Lipinski definition) is 6. The van der Waals surface area contributed by atoms with Gasteiger partial charge in [-0.05, 0) is 24.5 Å². The highest BCUT2D eigenvalue weighted by Crippen LogP contribution is 2.22. The number of fused-ring (bicyclic) bond motifs is 1. The Kier molecular flexibility index (Phi) is 7.59. The molecule has 0 aliphatic carbocycles. The first-order valence-electron chi connectivity index (χ1n) is 9.75. The number of ether oxygens (including phenoxy) is 2. The number of rotatable bonds is 9. The number of carbonyl (C=O) groups excluding carboxylic acids is 1. The third-order valence-corrected chi connectivity index (χ3v) is 5.08. The summed E-state index contributed by atoms with van der Waals surface area (Å²) in [4.78, 5) is 15.2. The number of amides is 1. The van der Waals surface area contributed by atoms with Crippen LogP contribution >= 0.6 is 0 Å². The van der Waals surface area contributed by atoms with Crippen molar-refractivity contribution in [1.29, 1.82) is 0 Å². The standard InChI is InChI=1S/C20H28N2O7/c23-11-15-17(25)18(26)19(27)20(29-15)28-9-8-21-16(24)7-3-4-12-10-22-14-6-2-1-5-13(12)14/h1-2,5-6,10,15,17-20,22-23,25-27H,3-4,7-9,11H2,(H,21,24)/t15-,17+,18+,19-,20-/m1/s1. The van der Waals surface area contributed by atoms with E-state index in [2.05, 4.69) is 16.4 Å². The van der Waals surface area contributed by atoms with Crippen LogP contribution in [0.5, 0.6) is 0 Å². The molecule has 1 aliphatic rings. The number of nitrogens with one attached hydrogen (secondary N) is 2. The summed E-state index contributed by atoms with van der Waals surface area (Å²) in [6.07, 6.45) is -2.71. The van der Waals surface area contributed by atoms with Crippen molar-refractivity contribution in [2.45, 2.75) is 50.0 Å². The van der Waals surface area contributed by atoms with E-state index in [9.17, 15) is 20.1 Å². The molecule has 0 bridgehead atoms. The molecule has 2 aromatic rings. The Morgan fingerprint density at radius 1 is 1.17 bits per heavy atom. The van der Waals surface area contributed by atoms with Crippen molar-refractivity contribution in [3.8, 4) is 0 Å². The monoisotopic (exact) mass is 408 g/mol. The van der Waals surface area contributed by atoms with Crippen molar-refractivity contribution in [3.63, 3.8) is 0 Å². The molecule has 1 saturated heterocycles. The van der Waals surface area contributed by atoms with Crippen molar-refractivity contribution in [1.82, 2.24) is 10.3 Å². The molecular formula is C20H28N2O7. The van der Waals surface area contributed by atoms with E-state index in [-0.39, 0.29) is 19.1 Å². The maximum Gasteiger partial charge on any atom is 0.220 e. The quantitative estimate of drug-likeness (QED) is 0.305. The second-order valence-corrected chi connectivity index (χ2v) is 7.13. The SMILES string of the molecule is O=C(CCCc1c[nH]c2ccccc12)NCCO[C@@H]1O[C@H](CO)[C@H](O)[C@H](O)[C@H]1O. The summed E-state index contributed by atoms with van der Waals surface area (Å²) >= 11 is 0. The number of H-pyrrole nitrogens is 1. The van der Waals surface area contributed by atoms with Gasteiger partial charge in [0.2, 0.25) is 5.91 Å². The third kappa shape index (κ3) is 5.33. The molecule has 3 rings (SSSR count). The molecule has 0 radical (unpaired) electrons. The van der Waals surface area contributed by atoms with Crippen LogP contribution in [0.3, 0.4) is 0 Å². The Morgan fingerprint density at radius 2 is 1.97 bits per heavy atom. The van der Waals surface area contributed by atoms with Crippen LogP contribution in [0.4, 0.5) is 0 Å². The van der Waals surface area contributed by atoms with Crippen molar-refractivity contribution >= 4 is 16.8 Å². The van der Waals surface area contributed by atoms with Gasteiger partial charge in [-0.1, -0.05) is 18.2 Å². The van der Waals surface area contributed by atoms with E-state index in [1.165, 1.54) is 10.9 Å². The van der Waals surface area contributed by atoms with Crippen molar-refractivity contribution in [3.05, 3.63) is 36.0 Å². The number of carbonyl (C=O) groups is 1. The average Bonchev–Trinajstić information content (AvgIpc) is 3.14. The number of aliphatic hydroxyl groups is 4. The number of benzene rings is 1. The normalized spacial score (nSPS) is 27.2. The van der Waals surface area contributed by atoms with Gasteiger partial charge in [-0.15, -0.1) is 0 Å². The molecule has 1 aromatic carbocycles. The maximum absolute atomic E-state index is 12.0. The van der Waals surface area contributed by atoms with Gasteiger partial charge in [0.15, 0.2) is 6.29 Å². The molecule has 1 amide bonds. The summed E-state index contributed by atoms with van der Waals surface area (Å²) in [6.45, 7) is -0.254. The Morgan fingerprint density at radius 3 is 2.76 bits per heavy atom. The second-order valence-electron chi connectivity index (χ2n) is 7.13. The highest BCUT2D eigenvalue weighted by Gasteiger charge is 2.43. The Balaban J connectivity index is 1.34. The minimum Gasteiger partial charge on any atom is -0.394 e. The number of aliphatic hydroxyl groups excluding tert-OH is 4. The molecule has 0 spiro atoms. The second kappa shape index (κ2) is 10.1. The van der Waals surface area contributed by atoms with Gasteiger partial charge in [0.1, 0.15) is 24.4 Å². The van der Waals surface area contributed by atoms with Crippen LogP contribution in [0.15, 0.2) is 30.5 Å². The molecule has 1 aromatic heterocycles. The van der Waals surface area contributed by atoms with Gasteiger partial charge < -0.3 is 40.2 Å². The zero-order valence-corrected chi connectivity index (χ0v) is 16.0. The first kappa shape index (κ1) is 21.7. The molecule has 1 fully saturated rings. The van der Waals surface area contributed by atoms with E-state index >= 15 is 0 Å². The average molecular weight is 408 g/mol. The highest BCUT2D eigenvalue weighted by atomic mass is 16.7. The number of aromatic amines is 1. The first-order valence-corrected chi connectivity index (χ1v) is 9.75. The molecule has 160 valence electrons. The number of hydrogen-bond acceptors (Lipinski definition) is 7. The maximum atomic E-state index is 12.0. The predicted octanol–water partition coefficient (Wildman–Crippen LogP) is -0.577. The fourth-order valence-corrected chi connectivity index (χ4v) is 3.44. The van der Waals surface area contributed by atoms with Gasteiger partial charge in [0, 0.05) is 30.1 Å². The van der Waals surface area contributed by atoms with E-state index in [0.717, 1.165) is 11.9 Å². The minimum atomic E-state index is -1.48. The van der Waals surface area contributed by atoms with Crippen LogP contribution in [-0.4, -0.2) is 81.8 Å². The lowest BCUT2D eigenvalue weighted by Gasteiger charge is -2.39. The smallest absolute Gasteiger partial charge is 0.220 e. The first-order chi connectivity index (χ1) is 14.0. The van der Waals surface area contributed by atoms with Crippen molar-refractivity contribution in [2.24, 2.45) is 0 Å². The highest BCUT2D eigenvalue weighted by molar-refractivity contribution is 5.83. The number of aromatic nitrogens is 1. The molecule has 9 nitrogen and oxygen atoms in total. The van der Waals surface area contributed by atoms with Crippen LogP contribution in [0.25, 0.3) is 10.9 Å². The van der Waals surface area contributed by atoms with Gasteiger partial charge in [-0.3, -0.25) is 4.79 Å². The van der Waals surface area contributed by atoms with E-state index < -0.39 is 37.3 Å².